The number of aromatic amines is 1. The first-order valence-corrected chi connectivity index (χ1v) is 9.48. The predicted octanol–water partition coefficient (Wildman–Crippen LogP) is 4.57. The van der Waals surface area contributed by atoms with Crippen molar-refractivity contribution in [1.29, 1.82) is 0 Å². The molecule has 1 aliphatic rings. The van der Waals surface area contributed by atoms with E-state index in [0.717, 1.165) is 22.3 Å². The molecule has 142 valence electrons. The average Bonchev–Trinajstić information content (AvgIpc) is 3.20. The summed E-state index contributed by atoms with van der Waals surface area (Å²) in [6.45, 7) is 8.38. The second kappa shape index (κ2) is 6.51. The number of tetrazole rings is 1. The highest BCUT2D eigenvalue weighted by molar-refractivity contribution is 5.93. The van der Waals surface area contributed by atoms with E-state index in [0.29, 0.717) is 18.0 Å². The van der Waals surface area contributed by atoms with Crippen LogP contribution in [0.3, 0.4) is 0 Å². The maximum Gasteiger partial charge on any atom is 0.179 e. The largest absolute Gasteiger partial charge is 0.299 e. The maximum atomic E-state index is 12.6. The number of ketones is 1. The molecule has 1 heterocycles. The Kier molecular flexibility index (Phi) is 4.26. The fraction of sp³-hybridized carbons (Fsp3) is 0.304. The van der Waals surface area contributed by atoms with Gasteiger partial charge in [0.2, 0.25) is 0 Å². The molecule has 2 aromatic carbocycles. The Morgan fingerprint density at radius 1 is 0.929 bits per heavy atom. The number of fused-ring (bicyclic) bond motifs is 1. The van der Waals surface area contributed by atoms with Crippen LogP contribution in [0.1, 0.15) is 56.4 Å². The summed E-state index contributed by atoms with van der Waals surface area (Å²) in [6, 6.07) is 14.5. The zero-order chi connectivity index (χ0) is 19.9. The van der Waals surface area contributed by atoms with Gasteiger partial charge in [0.15, 0.2) is 5.82 Å². The number of benzene rings is 2. The quantitative estimate of drug-likeness (QED) is 0.684. The molecular formula is C23H24N4O. The lowest BCUT2D eigenvalue weighted by molar-refractivity contribution is -0.125. The minimum atomic E-state index is -0.418. The van der Waals surface area contributed by atoms with Crippen molar-refractivity contribution >= 4 is 17.9 Å². The van der Waals surface area contributed by atoms with Crippen molar-refractivity contribution in [3.05, 3.63) is 64.7 Å². The van der Waals surface area contributed by atoms with Gasteiger partial charge in [-0.1, -0.05) is 68.5 Å². The second-order valence-corrected chi connectivity index (χ2v) is 8.62. The van der Waals surface area contributed by atoms with E-state index >= 15 is 0 Å². The fourth-order valence-electron chi connectivity index (χ4n) is 3.86. The van der Waals surface area contributed by atoms with E-state index < -0.39 is 5.41 Å². The third kappa shape index (κ3) is 3.17. The van der Waals surface area contributed by atoms with Crippen LogP contribution >= 0.6 is 0 Å². The van der Waals surface area contributed by atoms with Gasteiger partial charge in [0, 0.05) is 17.4 Å². The average molecular weight is 372 g/mol. The van der Waals surface area contributed by atoms with Crippen LogP contribution in [0.25, 0.3) is 23.5 Å². The number of nitrogens with zero attached hydrogens (tertiary/aromatic N) is 3. The summed E-state index contributed by atoms with van der Waals surface area (Å²) >= 11 is 0. The summed E-state index contributed by atoms with van der Waals surface area (Å²) in [7, 11) is 0. The molecule has 4 rings (SSSR count). The lowest BCUT2D eigenvalue weighted by atomic mass is 9.62. The molecule has 5 nitrogen and oxygen atoms in total. The third-order valence-electron chi connectivity index (χ3n) is 5.74. The van der Waals surface area contributed by atoms with Gasteiger partial charge < -0.3 is 0 Å². The van der Waals surface area contributed by atoms with Crippen LogP contribution in [-0.2, 0) is 15.6 Å². The lowest BCUT2D eigenvalue weighted by Crippen LogP contribution is -2.41. The molecule has 0 amide bonds. The Morgan fingerprint density at radius 3 is 2.29 bits per heavy atom. The summed E-state index contributed by atoms with van der Waals surface area (Å²) in [5, 5.41) is 13.9. The van der Waals surface area contributed by atoms with E-state index in [1.54, 1.807) is 0 Å². The summed E-state index contributed by atoms with van der Waals surface area (Å²) in [6.07, 6.45) is 4.79. The van der Waals surface area contributed by atoms with E-state index in [4.69, 9.17) is 0 Å². The van der Waals surface area contributed by atoms with Crippen molar-refractivity contribution in [1.82, 2.24) is 20.6 Å². The van der Waals surface area contributed by atoms with Crippen molar-refractivity contribution in [2.24, 2.45) is 0 Å². The van der Waals surface area contributed by atoms with Crippen molar-refractivity contribution in [2.75, 3.05) is 0 Å². The number of rotatable bonds is 3. The minimum Gasteiger partial charge on any atom is -0.299 e. The first-order valence-electron chi connectivity index (χ1n) is 9.48. The Hall–Kier alpha value is -3.08. The van der Waals surface area contributed by atoms with Crippen LogP contribution < -0.4 is 0 Å². The molecule has 5 heteroatoms. The van der Waals surface area contributed by atoms with Crippen LogP contribution in [-0.4, -0.2) is 26.4 Å². The molecule has 0 fully saturated rings. The first-order chi connectivity index (χ1) is 13.3. The molecule has 0 saturated heterocycles. The van der Waals surface area contributed by atoms with Gasteiger partial charge in [-0.3, -0.25) is 4.79 Å². The third-order valence-corrected chi connectivity index (χ3v) is 5.74. The van der Waals surface area contributed by atoms with E-state index in [1.807, 2.05) is 38.1 Å². The molecule has 0 spiro atoms. The minimum absolute atomic E-state index is 0.140. The number of H-pyrrole nitrogens is 1. The highest BCUT2D eigenvalue weighted by Gasteiger charge is 2.43. The molecular weight excluding hydrogens is 348 g/mol. The molecule has 1 aliphatic carbocycles. The van der Waals surface area contributed by atoms with Gasteiger partial charge in [0.05, 0.1) is 0 Å². The zero-order valence-corrected chi connectivity index (χ0v) is 16.7. The standard InChI is InChI=1S/C23H24N4O/c1-22(2)14-20(28)23(3,4)18-12-9-16(13-19(18)22)6-5-15-7-10-17(11-8-15)21-24-26-27-25-21/h5-13H,14H2,1-4H3,(H,24,25,26,27)/b6-5+. The van der Waals surface area contributed by atoms with Crippen LogP contribution in [0.15, 0.2) is 42.5 Å². The smallest absolute Gasteiger partial charge is 0.179 e. The Bertz CT molecular complexity index is 1040. The number of hydrogen-bond acceptors (Lipinski definition) is 4. The van der Waals surface area contributed by atoms with Gasteiger partial charge in [0.1, 0.15) is 5.78 Å². The van der Waals surface area contributed by atoms with Gasteiger partial charge in [0.25, 0.3) is 0 Å². The van der Waals surface area contributed by atoms with Crippen LogP contribution in [0.5, 0.6) is 0 Å². The van der Waals surface area contributed by atoms with E-state index in [9.17, 15) is 4.79 Å². The van der Waals surface area contributed by atoms with Gasteiger partial charge in [-0.05, 0) is 51.9 Å². The summed E-state index contributed by atoms with van der Waals surface area (Å²) in [5.74, 6) is 0.972. The Labute approximate surface area is 164 Å². The molecule has 28 heavy (non-hydrogen) atoms. The molecule has 0 atom stereocenters. The monoisotopic (exact) mass is 372 g/mol. The maximum absolute atomic E-state index is 12.6. The molecule has 0 radical (unpaired) electrons. The molecule has 1 aromatic heterocycles. The zero-order valence-electron chi connectivity index (χ0n) is 16.7. The summed E-state index contributed by atoms with van der Waals surface area (Å²) < 4.78 is 0. The number of carbonyl (C=O) groups is 1. The molecule has 0 aliphatic heterocycles. The molecule has 1 N–H and O–H groups in total. The van der Waals surface area contributed by atoms with E-state index in [-0.39, 0.29) is 5.41 Å². The number of hydrogen-bond donors (Lipinski definition) is 1. The Morgan fingerprint density at radius 2 is 1.61 bits per heavy atom. The number of nitrogens with one attached hydrogen (secondary N) is 1. The van der Waals surface area contributed by atoms with Crippen molar-refractivity contribution < 1.29 is 4.79 Å². The van der Waals surface area contributed by atoms with Crippen LogP contribution in [0.2, 0.25) is 0 Å². The molecule has 3 aromatic rings. The Balaban J connectivity index is 1.62. The highest BCUT2D eigenvalue weighted by Crippen LogP contribution is 2.44. The van der Waals surface area contributed by atoms with Crippen molar-refractivity contribution in [3.63, 3.8) is 0 Å². The second-order valence-electron chi connectivity index (χ2n) is 8.62. The van der Waals surface area contributed by atoms with E-state index in [2.05, 4.69) is 64.8 Å². The highest BCUT2D eigenvalue weighted by atomic mass is 16.1. The van der Waals surface area contributed by atoms with Crippen LogP contribution in [0, 0.1) is 0 Å². The topological polar surface area (TPSA) is 71.5 Å². The first kappa shape index (κ1) is 18.3. The fourth-order valence-corrected chi connectivity index (χ4v) is 3.86. The summed E-state index contributed by atoms with van der Waals surface area (Å²) in [5.41, 5.74) is 5.05. The molecule has 0 unspecified atom stereocenters. The normalized spacial score (nSPS) is 17.6. The van der Waals surface area contributed by atoms with Gasteiger partial charge >= 0.3 is 0 Å². The number of aromatic nitrogens is 4. The van der Waals surface area contributed by atoms with Gasteiger partial charge in [-0.25, -0.2) is 5.10 Å². The van der Waals surface area contributed by atoms with Gasteiger partial charge in [-0.2, -0.15) is 0 Å². The SMILES string of the molecule is CC1(C)CC(=O)C(C)(C)c2ccc(/C=C/c3ccc(-c4nnn[nH]4)cc3)cc21. The lowest BCUT2D eigenvalue weighted by Gasteiger charge is -2.40. The van der Waals surface area contributed by atoms with Crippen molar-refractivity contribution in [3.8, 4) is 11.4 Å². The van der Waals surface area contributed by atoms with Gasteiger partial charge in [-0.15, -0.1) is 5.10 Å². The number of carbonyl (C=O) groups excluding carboxylic acids is 1. The summed E-state index contributed by atoms with van der Waals surface area (Å²) in [4.78, 5) is 12.6. The number of Topliss-reactive ketones (excluding diaryl/α,β-unsaturated/α-hetero) is 1. The predicted molar refractivity (Wildman–Crippen MR) is 111 cm³/mol. The van der Waals surface area contributed by atoms with Crippen molar-refractivity contribution in [2.45, 2.75) is 44.9 Å². The molecule has 0 saturated carbocycles. The molecule has 0 bridgehead atoms. The van der Waals surface area contributed by atoms with Crippen LogP contribution in [0.4, 0.5) is 0 Å². The van der Waals surface area contributed by atoms with E-state index in [1.165, 1.54) is 5.56 Å².